The highest BCUT2D eigenvalue weighted by atomic mass is 35.5. The highest BCUT2D eigenvalue weighted by molar-refractivity contribution is 6.33. The SMILES string of the molecule is CN(CC(=O)Nc1cccc(F)c1)CC(=O)Nc1ccccc1Cl. The van der Waals surface area contributed by atoms with E-state index >= 15 is 0 Å². The molecule has 24 heavy (non-hydrogen) atoms. The van der Waals surface area contributed by atoms with Gasteiger partial charge in [0.15, 0.2) is 0 Å². The number of carbonyl (C=O) groups is 2. The number of nitrogens with zero attached hydrogens (tertiary/aromatic N) is 1. The van der Waals surface area contributed by atoms with Crippen molar-refractivity contribution < 1.29 is 14.0 Å². The number of anilines is 2. The molecule has 0 aromatic heterocycles. The number of amides is 2. The lowest BCUT2D eigenvalue weighted by molar-refractivity contribution is -0.119. The predicted molar refractivity (Wildman–Crippen MR) is 92.6 cm³/mol. The summed E-state index contributed by atoms with van der Waals surface area (Å²) in [5.41, 5.74) is 0.885. The third-order valence-electron chi connectivity index (χ3n) is 3.08. The summed E-state index contributed by atoms with van der Waals surface area (Å²) in [4.78, 5) is 25.4. The number of benzene rings is 2. The van der Waals surface area contributed by atoms with Crippen molar-refractivity contribution in [1.29, 1.82) is 0 Å². The van der Waals surface area contributed by atoms with Crippen molar-refractivity contribution in [2.45, 2.75) is 0 Å². The molecule has 5 nitrogen and oxygen atoms in total. The minimum atomic E-state index is -0.430. The molecule has 0 fully saturated rings. The van der Waals surface area contributed by atoms with E-state index < -0.39 is 5.82 Å². The van der Waals surface area contributed by atoms with E-state index in [9.17, 15) is 14.0 Å². The van der Waals surface area contributed by atoms with Gasteiger partial charge in [-0.25, -0.2) is 4.39 Å². The maximum absolute atomic E-state index is 13.1. The number of rotatable bonds is 6. The number of carbonyl (C=O) groups excluding carboxylic acids is 2. The summed E-state index contributed by atoms with van der Waals surface area (Å²) in [6.45, 7) is 0.00818. The first-order valence-corrected chi connectivity index (χ1v) is 7.60. The van der Waals surface area contributed by atoms with Crippen LogP contribution in [0.15, 0.2) is 48.5 Å². The zero-order valence-electron chi connectivity index (χ0n) is 13.1. The fourth-order valence-electron chi connectivity index (χ4n) is 2.07. The van der Waals surface area contributed by atoms with Crippen molar-refractivity contribution in [1.82, 2.24) is 4.90 Å². The van der Waals surface area contributed by atoms with Gasteiger partial charge in [0, 0.05) is 5.69 Å². The topological polar surface area (TPSA) is 61.4 Å². The summed E-state index contributed by atoms with van der Waals surface area (Å²) in [6.07, 6.45) is 0. The number of hydrogen-bond acceptors (Lipinski definition) is 3. The zero-order chi connectivity index (χ0) is 17.5. The first-order valence-electron chi connectivity index (χ1n) is 7.22. The monoisotopic (exact) mass is 349 g/mol. The van der Waals surface area contributed by atoms with Gasteiger partial charge in [-0.3, -0.25) is 14.5 Å². The number of likely N-dealkylation sites (N-methyl/N-ethyl adjacent to an activating group) is 1. The third-order valence-corrected chi connectivity index (χ3v) is 3.41. The number of para-hydroxylation sites is 1. The summed E-state index contributed by atoms with van der Waals surface area (Å²) in [6, 6.07) is 12.5. The van der Waals surface area contributed by atoms with Crippen molar-refractivity contribution in [2.75, 3.05) is 30.8 Å². The molecule has 0 radical (unpaired) electrons. The van der Waals surface area contributed by atoms with E-state index in [0.717, 1.165) is 0 Å². The molecule has 0 spiro atoms. The van der Waals surface area contributed by atoms with Crippen LogP contribution >= 0.6 is 11.6 Å². The van der Waals surface area contributed by atoms with Gasteiger partial charge < -0.3 is 10.6 Å². The summed E-state index contributed by atoms with van der Waals surface area (Å²) < 4.78 is 13.1. The normalized spacial score (nSPS) is 10.5. The van der Waals surface area contributed by atoms with E-state index in [4.69, 9.17) is 11.6 Å². The fraction of sp³-hybridized carbons (Fsp3) is 0.176. The van der Waals surface area contributed by atoms with E-state index in [-0.39, 0.29) is 24.9 Å². The summed E-state index contributed by atoms with van der Waals surface area (Å²) in [5.74, 6) is -1.06. The molecule has 0 heterocycles. The Morgan fingerprint density at radius 3 is 2.38 bits per heavy atom. The van der Waals surface area contributed by atoms with Crippen LogP contribution in [0.5, 0.6) is 0 Å². The van der Waals surface area contributed by atoms with Crippen LogP contribution in [-0.2, 0) is 9.59 Å². The van der Waals surface area contributed by atoms with Crippen molar-refractivity contribution in [3.8, 4) is 0 Å². The molecular weight excluding hydrogens is 333 g/mol. The predicted octanol–water partition coefficient (Wildman–Crippen LogP) is 2.99. The van der Waals surface area contributed by atoms with Gasteiger partial charge in [0.25, 0.3) is 0 Å². The van der Waals surface area contributed by atoms with Crippen molar-refractivity contribution in [3.63, 3.8) is 0 Å². The molecule has 0 saturated carbocycles. The maximum Gasteiger partial charge on any atom is 0.238 e. The lowest BCUT2D eigenvalue weighted by Crippen LogP contribution is -2.36. The van der Waals surface area contributed by atoms with Crippen LogP contribution < -0.4 is 10.6 Å². The molecule has 2 amide bonds. The van der Waals surface area contributed by atoms with E-state index in [0.29, 0.717) is 16.4 Å². The molecular formula is C17H17ClFN3O2. The Kier molecular flexibility index (Phi) is 6.28. The van der Waals surface area contributed by atoms with Crippen LogP contribution in [0.4, 0.5) is 15.8 Å². The highest BCUT2D eigenvalue weighted by Crippen LogP contribution is 2.20. The van der Waals surface area contributed by atoms with Gasteiger partial charge in [0.1, 0.15) is 5.82 Å². The lowest BCUT2D eigenvalue weighted by atomic mass is 10.3. The van der Waals surface area contributed by atoms with Crippen LogP contribution in [-0.4, -0.2) is 36.9 Å². The van der Waals surface area contributed by atoms with Crippen LogP contribution in [0.25, 0.3) is 0 Å². The maximum atomic E-state index is 13.1. The average molecular weight is 350 g/mol. The molecule has 2 aromatic rings. The van der Waals surface area contributed by atoms with Crippen molar-refractivity contribution in [2.24, 2.45) is 0 Å². The number of halogens is 2. The molecule has 0 saturated heterocycles. The van der Waals surface area contributed by atoms with E-state index in [1.165, 1.54) is 18.2 Å². The second-order valence-electron chi connectivity index (χ2n) is 5.26. The molecule has 0 bridgehead atoms. The number of hydrogen-bond donors (Lipinski definition) is 2. The smallest absolute Gasteiger partial charge is 0.238 e. The first-order chi connectivity index (χ1) is 11.4. The Bertz CT molecular complexity index is 739. The van der Waals surface area contributed by atoms with Gasteiger partial charge >= 0.3 is 0 Å². The van der Waals surface area contributed by atoms with Gasteiger partial charge in [0.2, 0.25) is 11.8 Å². The Balaban J connectivity index is 1.81. The largest absolute Gasteiger partial charge is 0.325 e. The molecule has 2 N–H and O–H groups in total. The second-order valence-corrected chi connectivity index (χ2v) is 5.67. The average Bonchev–Trinajstić information content (AvgIpc) is 2.49. The Morgan fingerprint density at radius 1 is 1.04 bits per heavy atom. The summed E-state index contributed by atoms with van der Waals surface area (Å²) in [7, 11) is 1.64. The summed E-state index contributed by atoms with van der Waals surface area (Å²) in [5, 5.41) is 5.69. The quantitative estimate of drug-likeness (QED) is 0.842. The first kappa shape index (κ1) is 17.9. The van der Waals surface area contributed by atoms with Crippen molar-refractivity contribution in [3.05, 3.63) is 59.4 Å². The number of nitrogens with one attached hydrogen (secondary N) is 2. The highest BCUT2D eigenvalue weighted by Gasteiger charge is 2.12. The molecule has 0 aliphatic carbocycles. The molecule has 2 rings (SSSR count). The van der Waals surface area contributed by atoms with Gasteiger partial charge in [-0.05, 0) is 37.4 Å². The molecule has 0 unspecified atom stereocenters. The van der Waals surface area contributed by atoms with E-state index in [1.54, 1.807) is 42.3 Å². The van der Waals surface area contributed by atoms with Crippen molar-refractivity contribution >= 4 is 34.8 Å². The molecule has 7 heteroatoms. The van der Waals surface area contributed by atoms with Crippen LogP contribution in [0.1, 0.15) is 0 Å². The van der Waals surface area contributed by atoms with E-state index in [1.807, 2.05) is 0 Å². The van der Waals surface area contributed by atoms with Crippen LogP contribution in [0.2, 0.25) is 5.02 Å². The lowest BCUT2D eigenvalue weighted by Gasteiger charge is -2.16. The molecule has 0 aliphatic heterocycles. The Morgan fingerprint density at radius 2 is 1.71 bits per heavy atom. The minimum absolute atomic E-state index is 0.00748. The fourth-order valence-corrected chi connectivity index (χ4v) is 2.25. The zero-order valence-corrected chi connectivity index (χ0v) is 13.8. The van der Waals surface area contributed by atoms with Gasteiger partial charge in [-0.2, -0.15) is 0 Å². The minimum Gasteiger partial charge on any atom is -0.325 e. The van der Waals surface area contributed by atoms with Gasteiger partial charge in [-0.1, -0.05) is 29.8 Å². The standard InChI is InChI=1S/C17H17ClFN3O2/c1-22(10-16(23)20-13-6-4-5-12(19)9-13)11-17(24)21-15-8-3-2-7-14(15)18/h2-9H,10-11H2,1H3,(H,20,23)(H,21,24). The van der Waals surface area contributed by atoms with Crippen LogP contribution in [0.3, 0.4) is 0 Å². The summed E-state index contributed by atoms with van der Waals surface area (Å²) >= 11 is 5.97. The molecule has 2 aromatic carbocycles. The van der Waals surface area contributed by atoms with Crippen LogP contribution in [0, 0.1) is 5.82 Å². The van der Waals surface area contributed by atoms with Gasteiger partial charge in [0.05, 0.1) is 23.8 Å². The van der Waals surface area contributed by atoms with Gasteiger partial charge in [-0.15, -0.1) is 0 Å². The molecule has 126 valence electrons. The Hall–Kier alpha value is -2.44. The second kappa shape index (κ2) is 8.42. The molecule has 0 aliphatic rings. The van der Waals surface area contributed by atoms with E-state index in [2.05, 4.69) is 10.6 Å². The Labute approximate surface area is 144 Å². The third kappa shape index (κ3) is 5.64. The molecule has 0 atom stereocenters.